The molecule has 3 nitrogen and oxygen atoms in total. The van der Waals surface area contributed by atoms with E-state index in [1.807, 2.05) is 12.1 Å². The Hall–Kier alpha value is -0.970. The van der Waals surface area contributed by atoms with E-state index in [0.29, 0.717) is 19.1 Å². The van der Waals surface area contributed by atoms with Gasteiger partial charge in [0.1, 0.15) is 5.82 Å². The highest BCUT2D eigenvalue weighted by Gasteiger charge is 2.26. The number of rotatable bonds is 6. The largest absolute Gasteiger partial charge is 0.326 e. The minimum Gasteiger partial charge on any atom is -0.326 e. The summed E-state index contributed by atoms with van der Waals surface area (Å²) in [5.74, 6) is -0.126. The van der Waals surface area contributed by atoms with Crippen molar-refractivity contribution in [2.24, 2.45) is 5.73 Å². The number of likely N-dealkylation sites (N-methyl/N-ethyl adjacent to an activating group) is 1. The zero-order valence-electron chi connectivity index (χ0n) is 12.6. The fourth-order valence-electron chi connectivity index (χ4n) is 3.08. The van der Waals surface area contributed by atoms with Crippen LogP contribution >= 0.6 is 0 Å². The number of hydrogen-bond donors (Lipinski definition) is 1. The van der Waals surface area contributed by atoms with E-state index in [9.17, 15) is 4.39 Å². The first-order chi connectivity index (χ1) is 9.67. The van der Waals surface area contributed by atoms with Gasteiger partial charge < -0.3 is 5.73 Å². The summed E-state index contributed by atoms with van der Waals surface area (Å²) < 4.78 is 14.0. The molecule has 0 bridgehead atoms. The summed E-state index contributed by atoms with van der Waals surface area (Å²) in [5, 5.41) is 0. The van der Waals surface area contributed by atoms with Gasteiger partial charge in [0.05, 0.1) is 0 Å². The molecule has 0 aromatic heterocycles. The molecule has 4 heteroatoms. The van der Waals surface area contributed by atoms with Crippen molar-refractivity contribution in [1.29, 1.82) is 0 Å². The Morgan fingerprint density at radius 3 is 2.70 bits per heavy atom. The van der Waals surface area contributed by atoms with Crippen LogP contribution in [-0.2, 0) is 13.1 Å². The van der Waals surface area contributed by atoms with Crippen molar-refractivity contribution in [3.63, 3.8) is 0 Å². The van der Waals surface area contributed by atoms with Crippen molar-refractivity contribution in [3.8, 4) is 0 Å². The van der Waals surface area contributed by atoms with Gasteiger partial charge in [-0.2, -0.15) is 0 Å². The first-order valence-corrected chi connectivity index (χ1v) is 7.61. The Labute approximate surface area is 121 Å². The van der Waals surface area contributed by atoms with E-state index in [1.165, 1.54) is 6.42 Å². The molecule has 20 heavy (non-hydrogen) atoms. The second kappa shape index (κ2) is 7.16. The Kier molecular flexibility index (Phi) is 5.52. The SMILES string of the molecule is CCN(CC)C1CCN(Cc2ccc(CN)cc2F)C1. The lowest BCUT2D eigenvalue weighted by atomic mass is 10.1. The van der Waals surface area contributed by atoms with Crippen LogP contribution in [-0.4, -0.2) is 42.0 Å². The van der Waals surface area contributed by atoms with Gasteiger partial charge in [0.2, 0.25) is 0 Å². The van der Waals surface area contributed by atoms with E-state index in [2.05, 4.69) is 23.6 Å². The highest BCUT2D eigenvalue weighted by Crippen LogP contribution is 2.19. The second-order valence-corrected chi connectivity index (χ2v) is 5.53. The van der Waals surface area contributed by atoms with Crippen molar-refractivity contribution in [2.75, 3.05) is 26.2 Å². The molecule has 2 rings (SSSR count). The number of nitrogens with two attached hydrogens (primary N) is 1. The van der Waals surface area contributed by atoms with E-state index in [1.54, 1.807) is 6.07 Å². The van der Waals surface area contributed by atoms with Crippen molar-refractivity contribution >= 4 is 0 Å². The maximum absolute atomic E-state index is 14.0. The molecule has 2 N–H and O–H groups in total. The number of hydrogen-bond acceptors (Lipinski definition) is 3. The van der Waals surface area contributed by atoms with Crippen LogP contribution in [0.15, 0.2) is 18.2 Å². The molecular weight excluding hydrogens is 253 g/mol. The smallest absolute Gasteiger partial charge is 0.128 e. The Morgan fingerprint density at radius 1 is 1.35 bits per heavy atom. The van der Waals surface area contributed by atoms with Crippen molar-refractivity contribution in [1.82, 2.24) is 9.80 Å². The zero-order chi connectivity index (χ0) is 14.5. The highest BCUT2D eigenvalue weighted by molar-refractivity contribution is 5.24. The summed E-state index contributed by atoms with van der Waals surface area (Å²) >= 11 is 0. The topological polar surface area (TPSA) is 32.5 Å². The van der Waals surface area contributed by atoms with Gasteiger partial charge in [0, 0.05) is 37.8 Å². The number of halogens is 1. The van der Waals surface area contributed by atoms with E-state index in [0.717, 1.165) is 37.3 Å². The van der Waals surface area contributed by atoms with Gasteiger partial charge in [-0.3, -0.25) is 9.80 Å². The number of nitrogens with zero attached hydrogens (tertiary/aromatic N) is 2. The van der Waals surface area contributed by atoms with Gasteiger partial charge in [-0.25, -0.2) is 4.39 Å². The van der Waals surface area contributed by atoms with Crippen LogP contribution in [0.2, 0.25) is 0 Å². The molecule has 1 aromatic rings. The average Bonchev–Trinajstić information content (AvgIpc) is 2.91. The minimum atomic E-state index is -0.126. The predicted molar refractivity (Wildman–Crippen MR) is 80.9 cm³/mol. The summed E-state index contributed by atoms with van der Waals surface area (Å²) in [6, 6.07) is 5.99. The van der Waals surface area contributed by atoms with Gasteiger partial charge in [-0.15, -0.1) is 0 Å². The quantitative estimate of drug-likeness (QED) is 0.866. The third kappa shape index (κ3) is 3.57. The number of benzene rings is 1. The molecule has 1 saturated heterocycles. The lowest BCUT2D eigenvalue weighted by Crippen LogP contribution is -2.37. The molecule has 0 aliphatic carbocycles. The summed E-state index contributed by atoms with van der Waals surface area (Å²) in [6.45, 7) is 9.79. The lowest BCUT2D eigenvalue weighted by Gasteiger charge is -2.26. The van der Waals surface area contributed by atoms with Crippen LogP contribution in [0.25, 0.3) is 0 Å². The maximum atomic E-state index is 14.0. The van der Waals surface area contributed by atoms with Crippen molar-refractivity contribution < 1.29 is 4.39 Å². The third-order valence-electron chi connectivity index (χ3n) is 4.32. The summed E-state index contributed by atoms with van der Waals surface area (Å²) in [6.07, 6.45) is 1.18. The summed E-state index contributed by atoms with van der Waals surface area (Å²) in [4.78, 5) is 4.84. The highest BCUT2D eigenvalue weighted by atomic mass is 19.1. The van der Waals surface area contributed by atoms with Gasteiger partial charge >= 0.3 is 0 Å². The van der Waals surface area contributed by atoms with Crippen LogP contribution in [0.1, 0.15) is 31.4 Å². The van der Waals surface area contributed by atoms with Gasteiger partial charge in [0.15, 0.2) is 0 Å². The molecule has 112 valence electrons. The standard InChI is InChI=1S/C16H26FN3/c1-3-20(4-2)15-7-8-19(12-15)11-14-6-5-13(10-18)9-16(14)17/h5-6,9,15H,3-4,7-8,10-12,18H2,1-2H3. The summed E-state index contributed by atoms with van der Waals surface area (Å²) in [5.41, 5.74) is 7.17. The van der Waals surface area contributed by atoms with E-state index >= 15 is 0 Å². The van der Waals surface area contributed by atoms with Crippen LogP contribution in [0.5, 0.6) is 0 Å². The molecular formula is C16H26FN3. The monoisotopic (exact) mass is 279 g/mol. The van der Waals surface area contributed by atoms with Gasteiger partial charge in [-0.05, 0) is 31.1 Å². The molecule has 0 saturated carbocycles. The average molecular weight is 279 g/mol. The lowest BCUT2D eigenvalue weighted by molar-refractivity contribution is 0.208. The molecule has 1 unspecified atom stereocenters. The minimum absolute atomic E-state index is 0.126. The molecule has 0 amide bonds. The van der Waals surface area contributed by atoms with E-state index in [4.69, 9.17) is 5.73 Å². The second-order valence-electron chi connectivity index (χ2n) is 5.53. The fourth-order valence-corrected chi connectivity index (χ4v) is 3.08. The molecule has 1 aromatic carbocycles. The van der Waals surface area contributed by atoms with Crippen molar-refractivity contribution in [3.05, 3.63) is 35.1 Å². The Bertz CT molecular complexity index is 432. The fraction of sp³-hybridized carbons (Fsp3) is 0.625. The molecule has 1 heterocycles. The summed E-state index contributed by atoms with van der Waals surface area (Å²) in [7, 11) is 0. The Balaban J connectivity index is 1.95. The first kappa shape index (κ1) is 15.4. The number of likely N-dealkylation sites (tertiary alicyclic amines) is 1. The molecule has 1 fully saturated rings. The molecule has 0 spiro atoms. The van der Waals surface area contributed by atoms with Crippen LogP contribution in [0.4, 0.5) is 4.39 Å². The van der Waals surface area contributed by atoms with E-state index in [-0.39, 0.29) is 5.82 Å². The molecule has 1 atom stereocenters. The molecule has 1 aliphatic heterocycles. The first-order valence-electron chi connectivity index (χ1n) is 7.61. The van der Waals surface area contributed by atoms with Crippen molar-refractivity contribution in [2.45, 2.75) is 39.4 Å². The predicted octanol–water partition coefficient (Wildman–Crippen LogP) is 2.20. The third-order valence-corrected chi connectivity index (χ3v) is 4.32. The molecule has 1 aliphatic rings. The van der Waals surface area contributed by atoms with Crippen LogP contribution < -0.4 is 5.73 Å². The Morgan fingerprint density at radius 2 is 2.10 bits per heavy atom. The normalized spacial score (nSPS) is 19.9. The van der Waals surface area contributed by atoms with E-state index < -0.39 is 0 Å². The van der Waals surface area contributed by atoms with Gasteiger partial charge in [-0.1, -0.05) is 26.0 Å². The van der Waals surface area contributed by atoms with Crippen LogP contribution in [0.3, 0.4) is 0 Å². The zero-order valence-corrected chi connectivity index (χ0v) is 12.6. The maximum Gasteiger partial charge on any atom is 0.128 e. The van der Waals surface area contributed by atoms with Crippen LogP contribution in [0, 0.1) is 5.82 Å². The molecule has 0 radical (unpaired) electrons. The van der Waals surface area contributed by atoms with Gasteiger partial charge in [0.25, 0.3) is 0 Å².